The normalized spacial score (nSPS) is 30.4. The molecule has 9 atom stereocenters. The first-order valence-electron chi connectivity index (χ1n) is 24.9. The van der Waals surface area contributed by atoms with Crippen LogP contribution in [0.2, 0.25) is 0 Å². The van der Waals surface area contributed by atoms with Crippen LogP contribution in [0.15, 0.2) is 36.0 Å². The van der Waals surface area contributed by atoms with Gasteiger partial charge in [0.15, 0.2) is 0 Å². The van der Waals surface area contributed by atoms with Gasteiger partial charge in [-0.2, -0.15) is 0 Å². The Kier molecular flexibility index (Phi) is 22.0. The number of ether oxygens (including phenoxy) is 3. The van der Waals surface area contributed by atoms with E-state index in [2.05, 4.69) is 78.8 Å². The van der Waals surface area contributed by atoms with E-state index in [4.69, 9.17) is 14.2 Å². The summed E-state index contributed by atoms with van der Waals surface area (Å²) < 4.78 is 18.6. The first kappa shape index (κ1) is 48.7. The molecule has 3 saturated carbocycles. The summed E-state index contributed by atoms with van der Waals surface area (Å²) in [6, 6.07) is 0. The molecule has 0 radical (unpaired) electrons. The third kappa shape index (κ3) is 15.2. The Morgan fingerprint density at radius 1 is 0.754 bits per heavy atom. The number of hydrogen-bond acceptors (Lipinski definition) is 4. The van der Waals surface area contributed by atoms with Crippen LogP contribution in [0.4, 0.5) is 0 Å². The van der Waals surface area contributed by atoms with E-state index >= 15 is 0 Å². The Morgan fingerprint density at radius 2 is 1.44 bits per heavy atom. The Morgan fingerprint density at radius 3 is 2.14 bits per heavy atom. The van der Waals surface area contributed by atoms with Gasteiger partial charge in [-0.25, -0.2) is 0 Å². The molecule has 0 heterocycles. The molecule has 0 aliphatic heterocycles. The van der Waals surface area contributed by atoms with Gasteiger partial charge in [0.1, 0.15) is 0 Å². The highest BCUT2D eigenvalue weighted by Gasteiger charge is 2.59. The fraction of sp³-hybridized carbons (Fsp3) is 0.887. The summed E-state index contributed by atoms with van der Waals surface area (Å²) >= 11 is 0. The lowest BCUT2D eigenvalue weighted by atomic mass is 9.47. The highest BCUT2D eigenvalue weighted by atomic mass is 16.5. The lowest BCUT2D eigenvalue weighted by Crippen LogP contribution is -2.51. The highest BCUT2D eigenvalue weighted by Crippen LogP contribution is 2.67. The van der Waals surface area contributed by atoms with Gasteiger partial charge in [0.2, 0.25) is 0 Å². The van der Waals surface area contributed by atoms with Gasteiger partial charge in [-0.15, -0.1) is 0 Å². The Labute approximate surface area is 354 Å². The maximum absolute atomic E-state index is 10.1. The van der Waals surface area contributed by atoms with Gasteiger partial charge in [-0.1, -0.05) is 142 Å². The van der Waals surface area contributed by atoms with Gasteiger partial charge < -0.3 is 19.3 Å². The zero-order chi connectivity index (χ0) is 41.0. The van der Waals surface area contributed by atoms with Crippen molar-refractivity contribution in [3.63, 3.8) is 0 Å². The minimum atomic E-state index is -0.347. The predicted molar refractivity (Wildman–Crippen MR) is 244 cm³/mol. The molecule has 0 amide bonds. The number of fused-ring (bicyclic) bond motifs is 5. The van der Waals surface area contributed by atoms with Crippen LogP contribution in [0, 0.1) is 51.8 Å². The zero-order valence-electron chi connectivity index (χ0n) is 38.8. The first-order valence-corrected chi connectivity index (χ1v) is 24.9. The van der Waals surface area contributed by atoms with Crippen LogP contribution in [0.1, 0.15) is 203 Å². The number of aliphatic hydroxyl groups is 1. The number of rotatable bonds is 30. The fourth-order valence-electron chi connectivity index (χ4n) is 12.2. The molecule has 0 spiro atoms. The van der Waals surface area contributed by atoms with E-state index in [1.807, 2.05) is 0 Å². The van der Waals surface area contributed by atoms with Crippen molar-refractivity contribution >= 4 is 0 Å². The third-order valence-corrected chi connectivity index (χ3v) is 15.8. The lowest BCUT2D eigenvalue weighted by molar-refractivity contribution is -0.0671. The van der Waals surface area contributed by atoms with E-state index in [0.29, 0.717) is 36.8 Å². The molecule has 0 aromatic carbocycles. The fourth-order valence-corrected chi connectivity index (χ4v) is 12.2. The quantitative estimate of drug-likeness (QED) is 0.0581. The topological polar surface area (TPSA) is 47.9 Å². The second kappa shape index (κ2) is 25.7. The average Bonchev–Trinajstić information content (AvgIpc) is 3.56. The molecule has 3 fully saturated rings. The van der Waals surface area contributed by atoms with Gasteiger partial charge in [0.05, 0.1) is 25.9 Å². The Hall–Kier alpha value is -0.940. The third-order valence-electron chi connectivity index (χ3n) is 15.8. The number of allylic oxidation sites excluding steroid dienone is 5. The summed E-state index contributed by atoms with van der Waals surface area (Å²) in [6.45, 7) is 20.4. The summed E-state index contributed by atoms with van der Waals surface area (Å²) in [6.07, 6.45) is 43.4. The molecular formula is C53H94O4. The summed E-state index contributed by atoms with van der Waals surface area (Å²) in [4.78, 5) is 0. The summed E-state index contributed by atoms with van der Waals surface area (Å²) in [7, 11) is 0. The summed E-state index contributed by atoms with van der Waals surface area (Å²) in [5, 5.41) is 10.1. The Balaban J connectivity index is 1.03. The zero-order valence-corrected chi connectivity index (χ0v) is 38.8. The van der Waals surface area contributed by atoms with Crippen molar-refractivity contribution in [3.05, 3.63) is 36.0 Å². The molecule has 1 N–H and O–H groups in total. The van der Waals surface area contributed by atoms with Crippen LogP contribution in [0.3, 0.4) is 0 Å². The second-order valence-corrected chi connectivity index (χ2v) is 21.0. The van der Waals surface area contributed by atoms with Crippen LogP contribution in [-0.2, 0) is 14.2 Å². The van der Waals surface area contributed by atoms with E-state index < -0.39 is 0 Å². The van der Waals surface area contributed by atoms with Crippen molar-refractivity contribution < 1.29 is 19.3 Å². The number of unbranched alkanes of at least 4 members (excludes halogenated alkanes) is 9. The molecular weight excluding hydrogens is 701 g/mol. The molecule has 4 nitrogen and oxygen atoms in total. The highest BCUT2D eigenvalue weighted by molar-refractivity contribution is 5.25. The van der Waals surface area contributed by atoms with E-state index in [0.717, 1.165) is 74.4 Å². The maximum atomic E-state index is 10.1. The van der Waals surface area contributed by atoms with Gasteiger partial charge in [0, 0.05) is 25.2 Å². The van der Waals surface area contributed by atoms with Gasteiger partial charge in [0.25, 0.3) is 0 Å². The van der Waals surface area contributed by atoms with Gasteiger partial charge in [-0.05, 0) is 143 Å². The van der Waals surface area contributed by atoms with E-state index in [1.54, 1.807) is 5.57 Å². The van der Waals surface area contributed by atoms with Crippen LogP contribution in [0.25, 0.3) is 0 Å². The molecule has 4 aliphatic carbocycles. The van der Waals surface area contributed by atoms with Crippen molar-refractivity contribution in [2.75, 3.05) is 39.6 Å². The van der Waals surface area contributed by atoms with Crippen molar-refractivity contribution in [1.82, 2.24) is 0 Å². The maximum Gasteiger partial charge on any atom is 0.0612 e. The monoisotopic (exact) mass is 795 g/mol. The van der Waals surface area contributed by atoms with Crippen LogP contribution in [0.5, 0.6) is 0 Å². The van der Waals surface area contributed by atoms with E-state index in [1.165, 1.54) is 128 Å². The summed E-state index contributed by atoms with van der Waals surface area (Å²) in [5.74, 6) is 5.35. The molecule has 4 rings (SSSR count). The van der Waals surface area contributed by atoms with Crippen molar-refractivity contribution in [2.24, 2.45) is 51.8 Å². The minimum Gasteiger partial charge on any atom is -0.396 e. The molecule has 0 aromatic rings. The predicted octanol–water partition coefficient (Wildman–Crippen LogP) is 14.6. The molecule has 4 heteroatoms. The van der Waals surface area contributed by atoms with Crippen LogP contribution in [-0.4, -0.2) is 50.9 Å². The average molecular weight is 795 g/mol. The SMILES string of the molecule is CCCCC/C=C\C/C=C\CCCCCCCCOCC(C)(CO)COCCCO[C@H]1CC[C@@]2(C)C(=CCC3C4CCC([C@H](C)CCCC(C)C)[C@@]4(C)CCC32)C1. The summed E-state index contributed by atoms with van der Waals surface area (Å²) in [5.41, 5.74) is 2.32. The van der Waals surface area contributed by atoms with Gasteiger partial charge >= 0.3 is 0 Å². The van der Waals surface area contributed by atoms with Gasteiger partial charge in [-0.3, -0.25) is 0 Å². The van der Waals surface area contributed by atoms with E-state index in [9.17, 15) is 5.11 Å². The molecule has 57 heavy (non-hydrogen) atoms. The molecule has 0 aromatic heterocycles. The van der Waals surface area contributed by atoms with Crippen molar-refractivity contribution in [3.8, 4) is 0 Å². The Bertz CT molecular complexity index is 1170. The van der Waals surface area contributed by atoms with Crippen molar-refractivity contribution in [1.29, 1.82) is 0 Å². The molecule has 0 bridgehead atoms. The molecule has 0 saturated heterocycles. The number of hydrogen-bond donors (Lipinski definition) is 1. The smallest absolute Gasteiger partial charge is 0.0612 e. The largest absolute Gasteiger partial charge is 0.396 e. The van der Waals surface area contributed by atoms with E-state index in [-0.39, 0.29) is 12.0 Å². The number of aliphatic hydroxyl groups excluding tert-OH is 1. The van der Waals surface area contributed by atoms with Crippen LogP contribution >= 0.6 is 0 Å². The lowest BCUT2D eigenvalue weighted by Gasteiger charge is -2.58. The van der Waals surface area contributed by atoms with Crippen LogP contribution < -0.4 is 0 Å². The minimum absolute atomic E-state index is 0.0864. The first-order chi connectivity index (χ1) is 27.6. The van der Waals surface area contributed by atoms with Crippen molar-refractivity contribution in [2.45, 2.75) is 209 Å². The molecule has 5 unspecified atom stereocenters. The molecule has 4 aliphatic rings. The molecule has 330 valence electrons. The standard InChI is InChI=1S/C53H94O4/c1-8-9-10-11-12-13-14-15-16-17-18-19-20-21-22-23-36-55-41-51(5,40-54)42-56-37-25-38-57-46-32-34-52(6)45(39-46)28-29-47-49-31-30-48(44(4)27-24-26-43(2)3)53(49,7)35-33-50(47)52/h12-13,15-16,28,43-44,46-50,54H,8-11,14,17-27,29-42H2,1-7H3/b13-12-,16-15-/t44-,46+,47?,48?,49?,50?,51?,52+,53-/m1/s1. The second-order valence-electron chi connectivity index (χ2n) is 21.0.